The minimum atomic E-state index is -4.52. The second kappa shape index (κ2) is 7.29. The molecule has 0 unspecified atom stereocenters. The molecule has 1 fully saturated rings. The number of nitrogens with zero attached hydrogens (tertiary/aromatic N) is 3. The summed E-state index contributed by atoms with van der Waals surface area (Å²) in [6.07, 6.45) is -4.52. The molecule has 9 heteroatoms. The number of aliphatic imine (C=N–C) groups is 1. The minimum Gasteiger partial charge on any atom is -0.386 e. The van der Waals surface area contributed by atoms with Gasteiger partial charge in [-0.3, -0.25) is 4.79 Å². The monoisotopic (exact) mass is 362 g/mol. The zero-order valence-corrected chi connectivity index (χ0v) is 13.9. The van der Waals surface area contributed by atoms with Gasteiger partial charge in [0, 0.05) is 38.8 Å². The van der Waals surface area contributed by atoms with Crippen LogP contribution in [0.3, 0.4) is 0 Å². The van der Waals surface area contributed by atoms with Gasteiger partial charge >= 0.3 is 6.18 Å². The summed E-state index contributed by atoms with van der Waals surface area (Å²) in [7, 11) is 0. The van der Waals surface area contributed by atoms with E-state index in [-0.39, 0.29) is 29.0 Å². The Bertz CT molecular complexity index is 640. The molecule has 0 aromatic heterocycles. The molecule has 2 N–H and O–H groups in total. The second-order valence-electron chi connectivity index (χ2n) is 5.43. The third-order valence-corrected chi connectivity index (χ3v) is 4.03. The van der Waals surface area contributed by atoms with Gasteiger partial charge in [-0.15, -0.1) is 11.6 Å². The average Bonchev–Trinajstić information content (AvgIpc) is 2.54. The van der Waals surface area contributed by atoms with Crippen molar-refractivity contribution in [2.45, 2.75) is 13.1 Å². The summed E-state index contributed by atoms with van der Waals surface area (Å²) in [5.41, 5.74) is 4.88. The first-order valence-electron chi connectivity index (χ1n) is 7.33. The van der Waals surface area contributed by atoms with Gasteiger partial charge in [0.2, 0.25) is 5.91 Å². The summed E-state index contributed by atoms with van der Waals surface area (Å²) in [6.45, 7) is 2.92. The highest BCUT2D eigenvalue weighted by Crippen LogP contribution is 2.39. The number of benzene rings is 1. The molecule has 1 heterocycles. The quantitative estimate of drug-likeness (QED) is 0.511. The van der Waals surface area contributed by atoms with Crippen LogP contribution in [0.15, 0.2) is 23.2 Å². The van der Waals surface area contributed by atoms with Gasteiger partial charge in [0.25, 0.3) is 0 Å². The molecule has 1 aliphatic rings. The fourth-order valence-electron chi connectivity index (χ4n) is 2.55. The number of carbonyl (C=O) groups is 1. The number of halogens is 4. The molecule has 2 rings (SSSR count). The van der Waals surface area contributed by atoms with E-state index in [9.17, 15) is 18.0 Å². The summed E-state index contributed by atoms with van der Waals surface area (Å²) >= 11 is 5.51. The van der Waals surface area contributed by atoms with Gasteiger partial charge in [0.15, 0.2) is 0 Å². The summed E-state index contributed by atoms with van der Waals surface area (Å²) in [6, 6.07) is 3.82. The van der Waals surface area contributed by atoms with Crippen molar-refractivity contribution in [2.24, 2.45) is 10.7 Å². The lowest BCUT2D eigenvalue weighted by molar-refractivity contribution is -0.137. The molecule has 0 saturated carbocycles. The number of nitrogens with two attached hydrogens (primary N) is 1. The van der Waals surface area contributed by atoms with Crippen LogP contribution >= 0.6 is 11.6 Å². The van der Waals surface area contributed by atoms with E-state index < -0.39 is 11.7 Å². The van der Waals surface area contributed by atoms with Crippen molar-refractivity contribution < 1.29 is 18.0 Å². The van der Waals surface area contributed by atoms with Gasteiger partial charge in [-0.1, -0.05) is 0 Å². The fourth-order valence-corrected chi connectivity index (χ4v) is 2.61. The highest BCUT2D eigenvalue weighted by atomic mass is 35.5. The van der Waals surface area contributed by atoms with Crippen LogP contribution in [0.25, 0.3) is 0 Å². The molecule has 24 heavy (non-hydrogen) atoms. The number of alkyl halides is 4. The topological polar surface area (TPSA) is 61.9 Å². The molecule has 1 saturated heterocycles. The van der Waals surface area contributed by atoms with Crippen LogP contribution in [0.5, 0.6) is 0 Å². The Morgan fingerprint density at radius 1 is 1.29 bits per heavy atom. The van der Waals surface area contributed by atoms with E-state index in [2.05, 4.69) is 4.99 Å². The predicted octanol–water partition coefficient (Wildman–Crippen LogP) is 2.60. The van der Waals surface area contributed by atoms with Crippen LogP contribution in [0.4, 0.5) is 24.5 Å². The van der Waals surface area contributed by atoms with Crippen LogP contribution in [0.1, 0.15) is 12.5 Å². The zero-order valence-electron chi connectivity index (χ0n) is 13.1. The fraction of sp³-hybridized carbons (Fsp3) is 0.467. The first kappa shape index (κ1) is 18.4. The molecule has 1 aromatic rings. The number of hydrogen-bond donors (Lipinski definition) is 1. The standard InChI is InChI=1S/C15H18ClF3N4O/c1-10(24)22-4-6-23(7-5-22)13-3-2-11(21-14(20)9-16)8-12(13)15(17,18)19/h2-3,8H,4-7,9H2,1H3,(H2,20,21). The Kier molecular flexibility index (Phi) is 5.58. The van der Waals surface area contributed by atoms with E-state index in [1.165, 1.54) is 19.1 Å². The summed E-state index contributed by atoms with van der Waals surface area (Å²) in [5, 5.41) is 0. The molecule has 1 aromatic carbocycles. The highest BCUT2D eigenvalue weighted by Gasteiger charge is 2.36. The van der Waals surface area contributed by atoms with E-state index in [1.54, 1.807) is 9.80 Å². The average molecular weight is 363 g/mol. The van der Waals surface area contributed by atoms with Crippen LogP contribution in [-0.2, 0) is 11.0 Å². The lowest BCUT2D eigenvalue weighted by atomic mass is 10.1. The minimum absolute atomic E-state index is 0.0487. The Morgan fingerprint density at radius 2 is 1.92 bits per heavy atom. The Balaban J connectivity index is 2.31. The number of amides is 1. The Morgan fingerprint density at radius 3 is 2.42 bits per heavy atom. The molecule has 5 nitrogen and oxygen atoms in total. The normalized spacial score (nSPS) is 16.5. The SMILES string of the molecule is CC(=O)N1CCN(c2ccc(N=C(N)CCl)cc2C(F)(F)F)CC1. The van der Waals surface area contributed by atoms with Crippen LogP contribution in [-0.4, -0.2) is 48.7 Å². The van der Waals surface area contributed by atoms with Crippen molar-refractivity contribution in [3.63, 3.8) is 0 Å². The first-order chi connectivity index (χ1) is 11.2. The number of rotatable bonds is 3. The number of anilines is 1. The summed E-state index contributed by atoms with van der Waals surface area (Å²) in [4.78, 5) is 18.4. The van der Waals surface area contributed by atoms with E-state index in [0.717, 1.165) is 6.07 Å². The van der Waals surface area contributed by atoms with Gasteiger partial charge < -0.3 is 15.5 Å². The molecule has 1 aliphatic heterocycles. The molecular formula is C15H18ClF3N4O. The maximum atomic E-state index is 13.4. The maximum Gasteiger partial charge on any atom is 0.418 e. The van der Waals surface area contributed by atoms with Crippen molar-refractivity contribution in [3.8, 4) is 0 Å². The molecule has 132 valence electrons. The lowest BCUT2D eigenvalue weighted by Gasteiger charge is -2.36. The zero-order chi connectivity index (χ0) is 17.9. The third kappa shape index (κ3) is 4.31. The smallest absolute Gasteiger partial charge is 0.386 e. The Hall–Kier alpha value is -1.96. The predicted molar refractivity (Wildman–Crippen MR) is 87.9 cm³/mol. The highest BCUT2D eigenvalue weighted by molar-refractivity contribution is 6.28. The van der Waals surface area contributed by atoms with Crippen LogP contribution < -0.4 is 10.6 Å². The molecular weight excluding hydrogens is 345 g/mol. The number of piperazine rings is 1. The Labute approximate surface area is 142 Å². The van der Waals surface area contributed by atoms with Gasteiger partial charge in [0.05, 0.1) is 17.1 Å². The van der Waals surface area contributed by atoms with Crippen molar-refractivity contribution in [1.29, 1.82) is 0 Å². The van der Waals surface area contributed by atoms with Crippen molar-refractivity contribution in [3.05, 3.63) is 23.8 Å². The van der Waals surface area contributed by atoms with Gasteiger partial charge in [-0.05, 0) is 18.2 Å². The van der Waals surface area contributed by atoms with E-state index in [0.29, 0.717) is 26.2 Å². The number of carbonyl (C=O) groups excluding carboxylic acids is 1. The second-order valence-corrected chi connectivity index (χ2v) is 5.70. The summed E-state index contributed by atoms with van der Waals surface area (Å²) in [5.74, 6) is -0.0876. The maximum absolute atomic E-state index is 13.4. The molecule has 0 atom stereocenters. The largest absolute Gasteiger partial charge is 0.418 e. The molecule has 1 amide bonds. The molecule has 0 bridgehead atoms. The molecule has 0 spiro atoms. The van der Waals surface area contributed by atoms with E-state index in [1.807, 2.05) is 0 Å². The van der Waals surface area contributed by atoms with Crippen molar-refractivity contribution in [1.82, 2.24) is 4.90 Å². The summed E-state index contributed by atoms with van der Waals surface area (Å²) < 4.78 is 40.2. The lowest BCUT2D eigenvalue weighted by Crippen LogP contribution is -2.48. The van der Waals surface area contributed by atoms with E-state index in [4.69, 9.17) is 17.3 Å². The van der Waals surface area contributed by atoms with E-state index >= 15 is 0 Å². The third-order valence-electron chi connectivity index (χ3n) is 3.76. The molecule has 0 aliphatic carbocycles. The number of hydrogen-bond acceptors (Lipinski definition) is 3. The number of amidine groups is 1. The van der Waals surface area contributed by atoms with Crippen LogP contribution in [0, 0.1) is 0 Å². The first-order valence-corrected chi connectivity index (χ1v) is 7.86. The van der Waals surface area contributed by atoms with Gasteiger partial charge in [0.1, 0.15) is 5.84 Å². The van der Waals surface area contributed by atoms with Crippen molar-refractivity contribution >= 4 is 34.7 Å². The van der Waals surface area contributed by atoms with Crippen LogP contribution in [0.2, 0.25) is 0 Å². The van der Waals surface area contributed by atoms with Gasteiger partial charge in [-0.2, -0.15) is 13.2 Å². The van der Waals surface area contributed by atoms with Crippen molar-refractivity contribution in [2.75, 3.05) is 37.0 Å². The molecule has 0 radical (unpaired) electrons. The van der Waals surface area contributed by atoms with Gasteiger partial charge in [-0.25, -0.2) is 4.99 Å².